The first-order valence-electron chi connectivity index (χ1n) is 7.03. The Hall–Kier alpha value is -1.95. The normalized spacial score (nSPS) is 12.4. The second-order valence-electron chi connectivity index (χ2n) is 5.42. The molecule has 0 saturated carbocycles. The number of carbonyl (C=O) groups excluding carboxylic acids is 1. The molecule has 0 radical (unpaired) electrons. The van der Waals surface area contributed by atoms with Gasteiger partial charge >= 0.3 is 0 Å². The first kappa shape index (κ1) is 16.4. The number of halogens is 2. The summed E-state index contributed by atoms with van der Waals surface area (Å²) in [5, 5.41) is 10.8. The van der Waals surface area contributed by atoms with Gasteiger partial charge in [0.25, 0.3) is 0 Å². The molecule has 0 fully saturated rings. The van der Waals surface area contributed by atoms with E-state index in [4.69, 9.17) is 11.6 Å². The minimum atomic E-state index is -0.472. The molecule has 22 heavy (non-hydrogen) atoms. The fraction of sp³-hybridized carbons (Fsp3) is 0.400. The molecular weight excluding hydrogens is 307 g/mol. The number of nitrogens with zero attached hydrogens (tertiary/aromatic N) is 3. The third-order valence-electron chi connectivity index (χ3n) is 3.41. The summed E-state index contributed by atoms with van der Waals surface area (Å²) in [6, 6.07) is 4.26. The molecule has 1 amide bonds. The van der Waals surface area contributed by atoms with Gasteiger partial charge in [0.1, 0.15) is 5.82 Å². The van der Waals surface area contributed by atoms with E-state index in [2.05, 4.69) is 15.6 Å². The van der Waals surface area contributed by atoms with Crippen LogP contribution < -0.4 is 5.32 Å². The van der Waals surface area contributed by atoms with Crippen LogP contribution in [0.4, 0.5) is 4.39 Å². The molecule has 0 spiro atoms. The third kappa shape index (κ3) is 4.27. The highest BCUT2D eigenvalue weighted by atomic mass is 35.5. The standard InChI is InChI=1S/C15H18ClFN4O/c1-10(2)14(9-21-7-6-18-20-21)19-15(22)8-11-12(16)4-3-5-13(11)17/h3-7,10,14H,8-9H2,1-2H3,(H,19,22)/t14-/m0/s1. The van der Waals surface area contributed by atoms with Crippen molar-refractivity contribution in [1.29, 1.82) is 0 Å². The van der Waals surface area contributed by atoms with E-state index in [0.717, 1.165) is 0 Å². The number of rotatable bonds is 6. The topological polar surface area (TPSA) is 59.8 Å². The fourth-order valence-corrected chi connectivity index (χ4v) is 2.30. The number of aromatic nitrogens is 3. The lowest BCUT2D eigenvalue weighted by Crippen LogP contribution is -2.42. The summed E-state index contributed by atoms with van der Waals surface area (Å²) >= 11 is 5.95. The van der Waals surface area contributed by atoms with E-state index in [1.54, 1.807) is 23.1 Å². The predicted molar refractivity (Wildman–Crippen MR) is 81.9 cm³/mol. The SMILES string of the molecule is CC(C)[C@H](Cn1ccnn1)NC(=O)Cc1c(F)cccc1Cl. The van der Waals surface area contributed by atoms with Crippen molar-refractivity contribution < 1.29 is 9.18 Å². The van der Waals surface area contributed by atoms with Crippen molar-refractivity contribution in [3.05, 3.63) is 47.0 Å². The van der Waals surface area contributed by atoms with Gasteiger partial charge in [0.05, 0.1) is 25.2 Å². The summed E-state index contributed by atoms with van der Waals surface area (Å²) in [6.45, 7) is 4.50. The number of hydrogen-bond donors (Lipinski definition) is 1. The Labute approximate surface area is 133 Å². The molecule has 0 saturated heterocycles. The quantitative estimate of drug-likeness (QED) is 0.888. The largest absolute Gasteiger partial charge is 0.351 e. The number of hydrogen-bond acceptors (Lipinski definition) is 3. The zero-order chi connectivity index (χ0) is 16.1. The van der Waals surface area contributed by atoms with Crippen LogP contribution in [0.2, 0.25) is 5.02 Å². The second-order valence-corrected chi connectivity index (χ2v) is 5.83. The molecule has 2 rings (SSSR count). The highest BCUT2D eigenvalue weighted by molar-refractivity contribution is 6.31. The zero-order valence-corrected chi connectivity index (χ0v) is 13.2. The number of nitrogens with one attached hydrogen (secondary N) is 1. The monoisotopic (exact) mass is 324 g/mol. The van der Waals surface area contributed by atoms with Gasteiger partial charge < -0.3 is 5.32 Å². The van der Waals surface area contributed by atoms with E-state index in [9.17, 15) is 9.18 Å². The summed E-state index contributed by atoms with van der Waals surface area (Å²) in [7, 11) is 0. The van der Waals surface area contributed by atoms with Crippen LogP contribution in [-0.4, -0.2) is 26.9 Å². The van der Waals surface area contributed by atoms with Crippen LogP contribution in [0.25, 0.3) is 0 Å². The molecule has 1 atom stereocenters. The summed E-state index contributed by atoms with van der Waals surface area (Å²) < 4.78 is 15.4. The molecule has 0 bridgehead atoms. The molecule has 0 unspecified atom stereocenters. The second kappa shape index (κ2) is 7.35. The van der Waals surface area contributed by atoms with Gasteiger partial charge in [-0.15, -0.1) is 5.10 Å². The Balaban J connectivity index is 2.02. The van der Waals surface area contributed by atoms with E-state index < -0.39 is 5.82 Å². The lowest BCUT2D eigenvalue weighted by molar-refractivity contribution is -0.121. The maximum Gasteiger partial charge on any atom is 0.224 e. The first-order valence-corrected chi connectivity index (χ1v) is 7.41. The van der Waals surface area contributed by atoms with E-state index in [1.807, 2.05) is 13.8 Å². The summed E-state index contributed by atoms with van der Waals surface area (Å²) in [5.41, 5.74) is 0.213. The van der Waals surface area contributed by atoms with Crippen molar-refractivity contribution in [2.75, 3.05) is 0 Å². The van der Waals surface area contributed by atoms with Gasteiger partial charge in [-0.05, 0) is 18.1 Å². The van der Waals surface area contributed by atoms with Crippen molar-refractivity contribution in [2.45, 2.75) is 32.9 Å². The predicted octanol–water partition coefficient (Wildman–Crippen LogP) is 2.45. The zero-order valence-electron chi connectivity index (χ0n) is 12.5. The maximum absolute atomic E-state index is 13.7. The fourth-order valence-electron chi connectivity index (χ4n) is 2.07. The van der Waals surface area contributed by atoms with Crippen molar-refractivity contribution in [3.8, 4) is 0 Å². The van der Waals surface area contributed by atoms with Gasteiger partial charge in [-0.25, -0.2) is 4.39 Å². The van der Waals surface area contributed by atoms with E-state index in [0.29, 0.717) is 6.54 Å². The Morgan fingerprint density at radius 1 is 1.45 bits per heavy atom. The Morgan fingerprint density at radius 3 is 2.82 bits per heavy atom. The molecule has 2 aromatic rings. The molecule has 1 heterocycles. The van der Waals surface area contributed by atoms with Crippen molar-refractivity contribution in [2.24, 2.45) is 5.92 Å². The molecule has 7 heteroatoms. The minimum Gasteiger partial charge on any atom is -0.351 e. The van der Waals surface area contributed by atoms with Crippen molar-refractivity contribution in [1.82, 2.24) is 20.3 Å². The third-order valence-corrected chi connectivity index (χ3v) is 3.76. The maximum atomic E-state index is 13.7. The molecule has 5 nitrogen and oxygen atoms in total. The van der Waals surface area contributed by atoms with Gasteiger partial charge in [0.15, 0.2) is 0 Å². The summed E-state index contributed by atoms with van der Waals surface area (Å²) in [5.74, 6) is -0.546. The average molecular weight is 325 g/mol. The van der Waals surface area contributed by atoms with Crippen LogP contribution in [0.1, 0.15) is 19.4 Å². The van der Waals surface area contributed by atoms with Crippen molar-refractivity contribution >= 4 is 17.5 Å². The van der Waals surface area contributed by atoms with Gasteiger partial charge in [-0.3, -0.25) is 9.48 Å². The van der Waals surface area contributed by atoms with Crippen LogP contribution in [0.3, 0.4) is 0 Å². The highest BCUT2D eigenvalue weighted by Crippen LogP contribution is 2.19. The molecule has 0 aliphatic heterocycles. The van der Waals surface area contributed by atoms with Crippen LogP contribution in [0.5, 0.6) is 0 Å². The molecule has 0 aliphatic carbocycles. The molecule has 1 aromatic carbocycles. The number of carbonyl (C=O) groups is 1. The number of amides is 1. The van der Waals surface area contributed by atoms with E-state index >= 15 is 0 Å². The molecule has 0 aliphatic rings. The Kier molecular flexibility index (Phi) is 5.49. The van der Waals surface area contributed by atoms with Gasteiger partial charge in [0.2, 0.25) is 5.91 Å². The average Bonchev–Trinajstić information content (AvgIpc) is 2.95. The Bertz CT molecular complexity index is 610. The van der Waals surface area contributed by atoms with Crippen LogP contribution in [-0.2, 0) is 17.8 Å². The Morgan fingerprint density at radius 2 is 2.23 bits per heavy atom. The van der Waals surface area contributed by atoms with E-state index in [-0.39, 0.29) is 34.9 Å². The number of benzene rings is 1. The lowest BCUT2D eigenvalue weighted by Gasteiger charge is -2.22. The first-order chi connectivity index (χ1) is 10.5. The van der Waals surface area contributed by atoms with E-state index in [1.165, 1.54) is 12.1 Å². The van der Waals surface area contributed by atoms with Crippen LogP contribution in [0.15, 0.2) is 30.6 Å². The van der Waals surface area contributed by atoms with Gasteiger partial charge in [-0.1, -0.05) is 36.7 Å². The van der Waals surface area contributed by atoms with Crippen LogP contribution >= 0.6 is 11.6 Å². The van der Waals surface area contributed by atoms with Crippen LogP contribution in [0, 0.1) is 11.7 Å². The smallest absolute Gasteiger partial charge is 0.224 e. The summed E-state index contributed by atoms with van der Waals surface area (Å²) in [6.07, 6.45) is 3.22. The minimum absolute atomic E-state index is 0.0912. The molecule has 1 aromatic heterocycles. The van der Waals surface area contributed by atoms with Gasteiger partial charge in [-0.2, -0.15) is 0 Å². The molecule has 1 N–H and O–H groups in total. The highest BCUT2D eigenvalue weighted by Gasteiger charge is 2.19. The van der Waals surface area contributed by atoms with Crippen molar-refractivity contribution in [3.63, 3.8) is 0 Å². The van der Waals surface area contributed by atoms with Gasteiger partial charge in [0, 0.05) is 16.8 Å². The summed E-state index contributed by atoms with van der Waals surface area (Å²) in [4.78, 5) is 12.2. The molecule has 118 valence electrons. The lowest BCUT2D eigenvalue weighted by atomic mass is 10.0. The molecular formula is C15H18ClFN4O.